The molecule has 1 aliphatic rings. The number of hydrogen-bond donors (Lipinski definition) is 1. The van der Waals surface area contributed by atoms with E-state index in [2.05, 4.69) is 75.4 Å². The lowest BCUT2D eigenvalue weighted by Gasteiger charge is -2.29. The van der Waals surface area contributed by atoms with Crippen molar-refractivity contribution in [2.24, 2.45) is 0 Å². The van der Waals surface area contributed by atoms with E-state index in [1.165, 1.54) is 16.9 Å². The van der Waals surface area contributed by atoms with E-state index in [4.69, 9.17) is 17.0 Å². The average Bonchev–Trinajstić information content (AvgIpc) is 3.34. The molecule has 1 fully saturated rings. The summed E-state index contributed by atoms with van der Waals surface area (Å²) in [5, 5.41) is 4.28. The van der Waals surface area contributed by atoms with Crippen LogP contribution in [0.2, 0.25) is 0 Å². The van der Waals surface area contributed by atoms with Crippen molar-refractivity contribution < 1.29 is 4.74 Å². The molecule has 1 aromatic carbocycles. The number of methoxy groups -OCH3 is 1. The summed E-state index contributed by atoms with van der Waals surface area (Å²) in [6.45, 7) is 3.68. The zero-order valence-electron chi connectivity index (χ0n) is 16.8. The van der Waals surface area contributed by atoms with E-state index >= 15 is 0 Å². The predicted octanol–water partition coefficient (Wildman–Crippen LogP) is 4.19. The molecule has 2 atom stereocenters. The minimum absolute atomic E-state index is 0.0103. The number of pyridine rings is 1. The minimum Gasteiger partial charge on any atom is -0.385 e. The Morgan fingerprint density at radius 3 is 2.69 bits per heavy atom. The Bertz CT molecular complexity index is 972. The number of nitrogens with one attached hydrogen (secondary N) is 1. The van der Waals surface area contributed by atoms with Crippen molar-refractivity contribution in [2.45, 2.75) is 25.4 Å². The highest BCUT2D eigenvalue weighted by Crippen LogP contribution is 2.39. The molecule has 6 heteroatoms. The van der Waals surface area contributed by atoms with Crippen LogP contribution in [-0.4, -0.2) is 39.8 Å². The Morgan fingerprint density at radius 1 is 1.10 bits per heavy atom. The number of rotatable bonds is 7. The molecule has 2 aromatic heterocycles. The molecule has 1 saturated heterocycles. The fourth-order valence-electron chi connectivity index (χ4n) is 4.04. The van der Waals surface area contributed by atoms with Crippen molar-refractivity contribution in [1.29, 1.82) is 0 Å². The van der Waals surface area contributed by atoms with Gasteiger partial charge in [0.1, 0.15) is 0 Å². The van der Waals surface area contributed by atoms with E-state index in [0.29, 0.717) is 6.61 Å². The molecule has 0 amide bonds. The second-order valence-electron chi connectivity index (χ2n) is 7.26. The highest BCUT2D eigenvalue weighted by atomic mass is 32.1. The van der Waals surface area contributed by atoms with Gasteiger partial charge in [0.05, 0.1) is 17.8 Å². The second kappa shape index (κ2) is 8.76. The lowest BCUT2D eigenvalue weighted by molar-refractivity contribution is 0.180. The fraction of sp³-hybridized carbons (Fsp3) is 0.304. The molecule has 29 heavy (non-hydrogen) atoms. The first-order valence-corrected chi connectivity index (χ1v) is 10.3. The summed E-state index contributed by atoms with van der Waals surface area (Å²) in [5.41, 5.74) is 4.60. The normalized spacial score (nSPS) is 18.8. The van der Waals surface area contributed by atoms with Gasteiger partial charge in [-0.05, 0) is 61.5 Å². The van der Waals surface area contributed by atoms with Crippen LogP contribution in [0.5, 0.6) is 0 Å². The molecule has 150 valence electrons. The molecule has 0 unspecified atom stereocenters. The highest BCUT2D eigenvalue weighted by molar-refractivity contribution is 7.80. The number of benzene rings is 1. The van der Waals surface area contributed by atoms with Gasteiger partial charge in [-0.2, -0.15) is 0 Å². The molecule has 5 nitrogen and oxygen atoms in total. The van der Waals surface area contributed by atoms with Gasteiger partial charge in [-0.3, -0.25) is 4.98 Å². The minimum atomic E-state index is -0.0103. The van der Waals surface area contributed by atoms with E-state index < -0.39 is 0 Å². The number of thiocarbonyl (C=S) groups is 1. The predicted molar refractivity (Wildman–Crippen MR) is 119 cm³/mol. The van der Waals surface area contributed by atoms with Crippen LogP contribution in [0.1, 0.15) is 35.5 Å². The van der Waals surface area contributed by atoms with Crippen LogP contribution in [0.25, 0.3) is 5.69 Å². The van der Waals surface area contributed by atoms with E-state index in [1.807, 2.05) is 18.3 Å². The summed E-state index contributed by atoms with van der Waals surface area (Å²) in [5.74, 6) is 0. The molecule has 0 saturated carbocycles. The first-order chi connectivity index (χ1) is 14.2. The summed E-state index contributed by atoms with van der Waals surface area (Å²) in [4.78, 5) is 6.90. The Hall–Kier alpha value is -2.70. The molecule has 3 aromatic rings. The molecule has 0 radical (unpaired) electrons. The number of nitrogens with zero attached hydrogens (tertiary/aromatic N) is 3. The third-order valence-corrected chi connectivity index (χ3v) is 5.76. The van der Waals surface area contributed by atoms with Gasteiger partial charge in [0.2, 0.25) is 0 Å². The van der Waals surface area contributed by atoms with Crippen LogP contribution >= 0.6 is 12.2 Å². The Balaban J connectivity index is 1.77. The van der Waals surface area contributed by atoms with Crippen LogP contribution < -0.4 is 5.32 Å². The summed E-state index contributed by atoms with van der Waals surface area (Å²) in [6, 6.07) is 18.8. The first kappa shape index (κ1) is 19.6. The Kier molecular flexibility index (Phi) is 5.92. The largest absolute Gasteiger partial charge is 0.385 e. The molecule has 1 N–H and O–H groups in total. The van der Waals surface area contributed by atoms with E-state index in [9.17, 15) is 0 Å². The Morgan fingerprint density at radius 2 is 1.93 bits per heavy atom. The zero-order valence-corrected chi connectivity index (χ0v) is 17.6. The lowest BCUT2D eigenvalue weighted by Crippen LogP contribution is -2.32. The maximum Gasteiger partial charge on any atom is 0.170 e. The Labute approximate surface area is 177 Å². The lowest BCUT2D eigenvalue weighted by atomic mass is 10.0. The van der Waals surface area contributed by atoms with Crippen molar-refractivity contribution in [3.63, 3.8) is 0 Å². The van der Waals surface area contributed by atoms with E-state index in [0.717, 1.165) is 23.8 Å². The van der Waals surface area contributed by atoms with E-state index in [1.54, 1.807) is 7.11 Å². The quantitative estimate of drug-likeness (QED) is 0.471. The second-order valence-corrected chi connectivity index (χ2v) is 7.64. The van der Waals surface area contributed by atoms with Gasteiger partial charge in [-0.25, -0.2) is 0 Å². The highest BCUT2D eigenvalue weighted by Gasteiger charge is 2.40. The van der Waals surface area contributed by atoms with Crippen LogP contribution in [-0.2, 0) is 4.74 Å². The van der Waals surface area contributed by atoms with Gasteiger partial charge in [0.25, 0.3) is 0 Å². The maximum atomic E-state index is 5.74. The SMILES string of the molecule is COCCCN1C(=S)N[C@H](c2ccccn2)[C@@H]1c1cccn1-c1ccccc1C. The van der Waals surface area contributed by atoms with E-state index in [-0.39, 0.29) is 12.1 Å². The number of aryl methyl sites for hydroxylation is 1. The molecule has 1 aliphatic heterocycles. The number of hydrogen-bond acceptors (Lipinski definition) is 3. The van der Waals surface area contributed by atoms with Crippen LogP contribution in [0.15, 0.2) is 67.0 Å². The molecule has 0 spiro atoms. The fourth-order valence-corrected chi connectivity index (χ4v) is 4.37. The topological polar surface area (TPSA) is 42.3 Å². The maximum absolute atomic E-state index is 5.74. The van der Waals surface area contributed by atoms with Gasteiger partial charge < -0.3 is 19.5 Å². The summed E-state index contributed by atoms with van der Waals surface area (Å²) >= 11 is 5.74. The van der Waals surface area contributed by atoms with Gasteiger partial charge >= 0.3 is 0 Å². The number of aromatic nitrogens is 2. The van der Waals surface area contributed by atoms with Crippen LogP contribution in [0.3, 0.4) is 0 Å². The molecular weight excluding hydrogens is 380 g/mol. The van der Waals surface area contributed by atoms with Crippen molar-refractivity contribution in [1.82, 2.24) is 19.8 Å². The molecule has 0 bridgehead atoms. The van der Waals surface area contributed by atoms with Crippen LogP contribution in [0, 0.1) is 6.92 Å². The number of ether oxygens (including phenoxy) is 1. The van der Waals surface area contributed by atoms with Gasteiger partial charge in [0, 0.05) is 44.0 Å². The monoisotopic (exact) mass is 406 g/mol. The van der Waals surface area contributed by atoms with Crippen molar-refractivity contribution in [3.05, 3.63) is 83.9 Å². The molecule has 4 rings (SSSR count). The molecular formula is C23H26N4OS. The standard InChI is InChI=1S/C23H26N4OS/c1-17-9-3-4-11-19(17)26-14-7-12-20(26)22-21(18-10-5-6-13-24-18)25-23(29)27(22)15-8-16-28-2/h3-7,9-14,21-22H,8,15-16H2,1-2H3,(H,25,29)/t21-,22+/m1/s1. The summed E-state index contributed by atoms with van der Waals surface area (Å²) in [7, 11) is 1.73. The van der Waals surface area contributed by atoms with Crippen molar-refractivity contribution in [2.75, 3.05) is 20.3 Å². The van der Waals surface area contributed by atoms with Gasteiger partial charge in [-0.1, -0.05) is 24.3 Å². The zero-order chi connectivity index (χ0) is 20.2. The molecule has 0 aliphatic carbocycles. The third-order valence-electron chi connectivity index (χ3n) is 5.40. The van der Waals surface area contributed by atoms with Gasteiger partial charge in [-0.15, -0.1) is 0 Å². The molecule has 3 heterocycles. The van der Waals surface area contributed by atoms with Crippen molar-refractivity contribution >= 4 is 17.3 Å². The smallest absolute Gasteiger partial charge is 0.170 e. The van der Waals surface area contributed by atoms with Crippen molar-refractivity contribution in [3.8, 4) is 5.69 Å². The van der Waals surface area contributed by atoms with Gasteiger partial charge in [0.15, 0.2) is 5.11 Å². The number of para-hydroxylation sites is 1. The third kappa shape index (κ3) is 3.91. The summed E-state index contributed by atoms with van der Waals surface area (Å²) in [6.07, 6.45) is 4.88. The van der Waals surface area contributed by atoms with Crippen LogP contribution in [0.4, 0.5) is 0 Å². The first-order valence-electron chi connectivity index (χ1n) is 9.91. The summed E-state index contributed by atoms with van der Waals surface area (Å²) < 4.78 is 7.55. The average molecular weight is 407 g/mol.